The van der Waals surface area contributed by atoms with Crippen LogP contribution >= 0.6 is 24.0 Å². The van der Waals surface area contributed by atoms with E-state index in [2.05, 4.69) is 0 Å². The molecular formula is C16H17Cl2NO3. The third-order valence-corrected chi connectivity index (χ3v) is 3.24. The number of nitrogens with zero attached hydrogens (tertiary/aromatic N) is 1. The van der Waals surface area contributed by atoms with Gasteiger partial charge in [0.15, 0.2) is 5.75 Å². The van der Waals surface area contributed by atoms with Crippen LogP contribution in [0, 0.1) is 0 Å². The zero-order chi connectivity index (χ0) is 15.4. The number of carbonyl (C=O) groups is 1. The number of hydrogen-bond acceptors (Lipinski definition) is 3. The molecule has 2 rings (SSSR count). The van der Waals surface area contributed by atoms with Crippen molar-refractivity contribution in [3.05, 3.63) is 53.1 Å². The highest BCUT2D eigenvalue weighted by atomic mass is 35.5. The van der Waals surface area contributed by atoms with Crippen LogP contribution in [0.3, 0.4) is 0 Å². The zero-order valence-electron chi connectivity index (χ0n) is 12.2. The lowest BCUT2D eigenvalue weighted by molar-refractivity contribution is -0.136. The smallest absolute Gasteiger partial charge is 0.307 e. The number of rotatable bonds is 5. The lowest BCUT2D eigenvalue weighted by atomic mass is 10.1. The summed E-state index contributed by atoms with van der Waals surface area (Å²) in [4.78, 5) is 12.8. The summed E-state index contributed by atoms with van der Waals surface area (Å²) >= 11 is 6.10. The largest absolute Gasteiger partial charge is 0.481 e. The Morgan fingerprint density at radius 3 is 2.36 bits per heavy atom. The summed E-state index contributed by atoms with van der Waals surface area (Å²) in [5.74, 6) is 0.231. The molecule has 0 aliphatic heterocycles. The summed E-state index contributed by atoms with van der Waals surface area (Å²) in [7, 11) is 3.69. The molecule has 2 aromatic rings. The topological polar surface area (TPSA) is 49.8 Å². The minimum Gasteiger partial charge on any atom is -0.481 e. The molecule has 0 radical (unpaired) electrons. The van der Waals surface area contributed by atoms with Gasteiger partial charge in [0.1, 0.15) is 5.75 Å². The molecule has 0 saturated heterocycles. The lowest BCUT2D eigenvalue weighted by Crippen LogP contribution is -2.14. The Hall–Kier alpha value is -1.91. The minimum atomic E-state index is -0.881. The molecule has 4 nitrogen and oxygen atoms in total. The van der Waals surface area contributed by atoms with E-state index in [0.29, 0.717) is 22.1 Å². The maximum atomic E-state index is 11.0. The first-order valence-corrected chi connectivity index (χ1v) is 6.80. The fourth-order valence-corrected chi connectivity index (χ4v) is 2.28. The van der Waals surface area contributed by atoms with Crippen LogP contribution in [0.25, 0.3) is 0 Å². The number of ether oxygens (including phenoxy) is 1. The van der Waals surface area contributed by atoms with Crippen LogP contribution in [-0.4, -0.2) is 25.2 Å². The summed E-state index contributed by atoms with van der Waals surface area (Å²) in [6.45, 7) is 0. The van der Waals surface area contributed by atoms with Gasteiger partial charge in [-0.3, -0.25) is 4.79 Å². The maximum Gasteiger partial charge on any atom is 0.307 e. The fourth-order valence-electron chi connectivity index (χ4n) is 2.11. The highest BCUT2D eigenvalue weighted by Crippen LogP contribution is 2.37. The number of halogens is 2. The Balaban J connectivity index is 0.00000242. The van der Waals surface area contributed by atoms with Crippen molar-refractivity contribution in [3.63, 3.8) is 0 Å². The molecule has 0 bridgehead atoms. The van der Waals surface area contributed by atoms with Gasteiger partial charge in [0.05, 0.1) is 17.1 Å². The third-order valence-electron chi connectivity index (χ3n) is 2.93. The van der Waals surface area contributed by atoms with E-state index in [9.17, 15) is 4.79 Å². The number of anilines is 1. The molecular weight excluding hydrogens is 325 g/mol. The second kappa shape index (κ2) is 7.92. The first-order chi connectivity index (χ1) is 9.99. The monoisotopic (exact) mass is 341 g/mol. The average Bonchev–Trinajstić information content (AvgIpc) is 2.40. The van der Waals surface area contributed by atoms with Gasteiger partial charge in [-0.05, 0) is 23.8 Å². The first kappa shape index (κ1) is 18.1. The number of carboxylic acid groups (broad SMARTS) is 1. The molecule has 2 aromatic carbocycles. The third kappa shape index (κ3) is 4.29. The van der Waals surface area contributed by atoms with Gasteiger partial charge in [0.25, 0.3) is 0 Å². The van der Waals surface area contributed by atoms with E-state index in [-0.39, 0.29) is 18.8 Å². The van der Waals surface area contributed by atoms with Crippen molar-refractivity contribution in [3.8, 4) is 11.5 Å². The van der Waals surface area contributed by atoms with Crippen LogP contribution in [0.4, 0.5) is 5.69 Å². The number of para-hydroxylation sites is 2. The second-order valence-electron chi connectivity index (χ2n) is 4.76. The molecule has 0 aliphatic carbocycles. The van der Waals surface area contributed by atoms with Crippen molar-refractivity contribution in [1.82, 2.24) is 0 Å². The predicted octanol–water partition coefficient (Wildman–Crippen LogP) is 4.25. The molecule has 0 heterocycles. The number of carboxylic acids is 1. The minimum absolute atomic E-state index is 0. The second-order valence-corrected chi connectivity index (χ2v) is 5.17. The molecule has 118 valence electrons. The Bertz CT molecular complexity index is 660. The molecule has 0 aliphatic rings. The van der Waals surface area contributed by atoms with Crippen molar-refractivity contribution in [2.75, 3.05) is 19.0 Å². The van der Waals surface area contributed by atoms with Crippen molar-refractivity contribution in [2.45, 2.75) is 6.42 Å². The Morgan fingerprint density at radius 2 is 1.77 bits per heavy atom. The molecule has 0 amide bonds. The van der Waals surface area contributed by atoms with E-state index >= 15 is 0 Å². The number of aliphatic carboxylic acids is 1. The molecule has 6 heteroatoms. The highest BCUT2D eigenvalue weighted by Gasteiger charge is 2.15. The average molecular weight is 342 g/mol. The van der Waals surface area contributed by atoms with Gasteiger partial charge in [-0.2, -0.15) is 0 Å². The van der Waals surface area contributed by atoms with Crippen LogP contribution < -0.4 is 9.64 Å². The van der Waals surface area contributed by atoms with E-state index in [1.54, 1.807) is 30.3 Å². The molecule has 0 aromatic heterocycles. The van der Waals surface area contributed by atoms with E-state index < -0.39 is 5.97 Å². The van der Waals surface area contributed by atoms with Crippen LogP contribution in [0.2, 0.25) is 5.02 Å². The van der Waals surface area contributed by atoms with E-state index in [1.165, 1.54) is 0 Å². The van der Waals surface area contributed by atoms with Crippen molar-refractivity contribution in [1.29, 1.82) is 0 Å². The first-order valence-electron chi connectivity index (χ1n) is 6.42. The summed E-state index contributed by atoms with van der Waals surface area (Å²) in [6, 6.07) is 12.5. The van der Waals surface area contributed by atoms with Crippen LogP contribution in [0.5, 0.6) is 11.5 Å². The number of hydrogen-bond donors (Lipinski definition) is 1. The van der Waals surface area contributed by atoms with E-state index in [1.807, 2.05) is 31.1 Å². The SMILES string of the molecule is CN(C)c1c(CC(=O)O)cccc1Oc1ccccc1Cl.Cl. The number of benzene rings is 2. The van der Waals surface area contributed by atoms with Crippen LogP contribution in [0.15, 0.2) is 42.5 Å². The maximum absolute atomic E-state index is 11.0. The van der Waals surface area contributed by atoms with Crippen LogP contribution in [-0.2, 0) is 11.2 Å². The van der Waals surface area contributed by atoms with Gasteiger partial charge in [0, 0.05) is 14.1 Å². The van der Waals surface area contributed by atoms with Crippen LogP contribution in [0.1, 0.15) is 5.56 Å². The van der Waals surface area contributed by atoms with Crippen molar-refractivity contribution in [2.24, 2.45) is 0 Å². The molecule has 0 atom stereocenters. The molecule has 22 heavy (non-hydrogen) atoms. The highest BCUT2D eigenvalue weighted by molar-refractivity contribution is 6.32. The fraction of sp³-hybridized carbons (Fsp3) is 0.188. The van der Waals surface area contributed by atoms with Crippen molar-refractivity contribution < 1.29 is 14.6 Å². The van der Waals surface area contributed by atoms with Gasteiger partial charge in [-0.1, -0.05) is 35.9 Å². The van der Waals surface area contributed by atoms with Gasteiger partial charge in [-0.25, -0.2) is 0 Å². The van der Waals surface area contributed by atoms with Gasteiger partial charge < -0.3 is 14.7 Å². The Labute approximate surface area is 140 Å². The Morgan fingerprint density at radius 1 is 1.14 bits per heavy atom. The summed E-state index contributed by atoms with van der Waals surface area (Å²) in [5, 5.41) is 9.52. The molecule has 0 fully saturated rings. The normalized spacial score (nSPS) is 9.77. The van der Waals surface area contributed by atoms with Gasteiger partial charge >= 0.3 is 5.97 Å². The summed E-state index contributed by atoms with van der Waals surface area (Å²) in [5.41, 5.74) is 1.43. The van der Waals surface area contributed by atoms with E-state index in [0.717, 1.165) is 5.69 Å². The summed E-state index contributed by atoms with van der Waals surface area (Å²) < 4.78 is 5.86. The molecule has 1 N–H and O–H groups in total. The van der Waals surface area contributed by atoms with Crippen molar-refractivity contribution >= 4 is 35.7 Å². The van der Waals surface area contributed by atoms with Gasteiger partial charge in [-0.15, -0.1) is 12.4 Å². The van der Waals surface area contributed by atoms with Gasteiger partial charge in [0.2, 0.25) is 0 Å². The lowest BCUT2D eigenvalue weighted by Gasteiger charge is -2.21. The standard InChI is InChI=1S/C16H16ClNO3.ClH/c1-18(2)16-11(10-15(19)20)6-5-9-14(16)21-13-8-4-3-7-12(13)17;/h3-9H,10H2,1-2H3,(H,19,20);1H. The summed E-state index contributed by atoms with van der Waals surface area (Å²) in [6.07, 6.45) is -0.0623. The van der Waals surface area contributed by atoms with E-state index in [4.69, 9.17) is 21.4 Å². The molecule has 0 unspecified atom stereocenters. The molecule has 0 spiro atoms. The quantitative estimate of drug-likeness (QED) is 0.883. The predicted molar refractivity (Wildman–Crippen MR) is 90.9 cm³/mol. The Kier molecular flexibility index (Phi) is 6.53. The molecule has 0 saturated carbocycles. The zero-order valence-corrected chi connectivity index (χ0v) is 13.8.